The number of aromatic nitrogens is 3. The van der Waals surface area contributed by atoms with Gasteiger partial charge < -0.3 is 27.6 Å². The maximum absolute atomic E-state index is 7.79. The summed E-state index contributed by atoms with van der Waals surface area (Å²) in [5.74, 6) is 2.41. The van der Waals surface area contributed by atoms with Gasteiger partial charge in [-0.1, -0.05) is 17.5 Å². The SMILES string of the molecule is COc1ccc(-c2cnc3c(Nc4ccc([NH-])c(C)c4)nccn23)cc1.[CH2-]CC1CCN(C)CC1.[W+2]. The van der Waals surface area contributed by atoms with Crippen LogP contribution in [0.4, 0.5) is 17.2 Å². The summed E-state index contributed by atoms with van der Waals surface area (Å²) in [6.07, 6.45) is 9.33. The Morgan fingerprint density at radius 3 is 2.47 bits per heavy atom. The number of fused-ring (bicyclic) bond motifs is 1. The quantitative estimate of drug-likeness (QED) is 0.243. The molecule has 0 radical (unpaired) electrons. The van der Waals surface area contributed by atoms with Crippen LogP contribution in [0.25, 0.3) is 22.6 Å². The summed E-state index contributed by atoms with van der Waals surface area (Å²) >= 11 is 0. The number of hydrogen-bond acceptors (Lipinski definition) is 5. The van der Waals surface area contributed by atoms with Crippen LogP contribution in [0.2, 0.25) is 0 Å². The predicted molar refractivity (Wildman–Crippen MR) is 144 cm³/mol. The van der Waals surface area contributed by atoms with Crippen LogP contribution in [0.15, 0.2) is 61.1 Å². The van der Waals surface area contributed by atoms with Crippen molar-refractivity contribution >= 4 is 22.8 Å². The molecule has 0 spiro atoms. The summed E-state index contributed by atoms with van der Waals surface area (Å²) in [5, 5.41) is 3.30. The molecule has 1 fully saturated rings. The number of ether oxygens (including phenoxy) is 1. The van der Waals surface area contributed by atoms with Crippen molar-refractivity contribution in [3.05, 3.63) is 79.3 Å². The van der Waals surface area contributed by atoms with Crippen molar-refractivity contribution in [2.24, 2.45) is 5.92 Å². The Labute approximate surface area is 228 Å². The molecule has 2 N–H and O–H groups in total. The minimum absolute atomic E-state index is 0. The molecular formula is C28H34N6OW. The van der Waals surface area contributed by atoms with Gasteiger partial charge >= 0.3 is 21.1 Å². The third-order valence-electron chi connectivity index (χ3n) is 6.55. The molecule has 4 aromatic rings. The van der Waals surface area contributed by atoms with Gasteiger partial charge in [-0.15, -0.1) is 5.69 Å². The number of imidazole rings is 1. The molecule has 1 saturated heterocycles. The molecule has 0 unspecified atom stereocenters. The predicted octanol–water partition coefficient (Wildman–Crippen LogP) is 6.69. The molecule has 0 aliphatic carbocycles. The van der Waals surface area contributed by atoms with E-state index in [1.54, 1.807) is 19.4 Å². The Morgan fingerprint density at radius 2 is 1.83 bits per heavy atom. The first-order chi connectivity index (χ1) is 17.0. The maximum atomic E-state index is 7.79. The standard InChI is InChI=1S/C20H18N5O.C8H16N.W/c1-13-11-15(5-8-17(13)21)24-19-20-23-12-18(25(20)10-9-22-19)14-3-6-16(26-2)7-4-14;1-3-8-4-6-9(2)7-5-8;/h3-12,21H,1-2H3,(H,22,24);8H,1,3-7H2,2H3;/q2*-1;+2. The van der Waals surface area contributed by atoms with E-state index in [1.807, 2.05) is 60.1 Å². The number of rotatable bonds is 5. The van der Waals surface area contributed by atoms with Gasteiger partial charge in [-0.2, -0.15) is 6.42 Å². The van der Waals surface area contributed by atoms with Gasteiger partial charge in [0.05, 0.1) is 19.0 Å². The average Bonchev–Trinajstić information content (AvgIpc) is 3.32. The number of likely N-dealkylation sites (tertiary alicyclic amines) is 1. The van der Waals surface area contributed by atoms with E-state index >= 15 is 0 Å². The Hall–Kier alpha value is -2.89. The Kier molecular flexibility index (Phi) is 9.91. The van der Waals surface area contributed by atoms with E-state index in [4.69, 9.17) is 10.5 Å². The zero-order valence-electron chi connectivity index (χ0n) is 21.2. The number of nitrogens with zero attached hydrogens (tertiary/aromatic N) is 4. The molecule has 0 amide bonds. The molecule has 1 aliphatic rings. The van der Waals surface area contributed by atoms with Gasteiger partial charge in [-0.3, -0.25) is 4.40 Å². The van der Waals surface area contributed by atoms with Gasteiger partial charge in [-0.05, 0) is 76.3 Å². The molecule has 36 heavy (non-hydrogen) atoms. The van der Waals surface area contributed by atoms with E-state index in [1.165, 1.54) is 25.9 Å². The van der Waals surface area contributed by atoms with Gasteiger partial charge in [-0.25, -0.2) is 9.97 Å². The Bertz CT molecular complexity index is 1250. The molecule has 5 rings (SSSR count). The topological polar surface area (TPSA) is 78.5 Å². The van der Waals surface area contributed by atoms with Crippen LogP contribution in [-0.2, 0) is 21.1 Å². The van der Waals surface area contributed by atoms with Gasteiger partial charge in [0, 0.05) is 23.6 Å². The molecule has 1 aliphatic heterocycles. The molecule has 188 valence electrons. The van der Waals surface area contributed by atoms with Crippen LogP contribution < -0.4 is 10.1 Å². The summed E-state index contributed by atoms with van der Waals surface area (Å²) in [7, 11) is 3.85. The van der Waals surface area contributed by atoms with Crippen LogP contribution in [-0.4, -0.2) is 46.5 Å². The first-order valence-corrected chi connectivity index (χ1v) is 12.0. The van der Waals surface area contributed by atoms with Crippen molar-refractivity contribution in [1.29, 1.82) is 0 Å². The molecule has 2 aromatic heterocycles. The molecule has 7 nitrogen and oxygen atoms in total. The number of anilines is 2. The summed E-state index contributed by atoms with van der Waals surface area (Å²) in [5.41, 5.74) is 12.9. The van der Waals surface area contributed by atoms with E-state index in [2.05, 4.69) is 34.2 Å². The molecule has 0 saturated carbocycles. The number of hydrogen-bond donors (Lipinski definition) is 1. The van der Waals surface area contributed by atoms with E-state index in [0.717, 1.165) is 46.2 Å². The number of methoxy groups -OCH3 is 1. The molecule has 0 bridgehead atoms. The van der Waals surface area contributed by atoms with Crippen LogP contribution in [0.3, 0.4) is 0 Å². The summed E-state index contributed by atoms with van der Waals surface area (Å²) in [6, 6.07) is 13.4. The van der Waals surface area contributed by atoms with Crippen molar-refractivity contribution < 1.29 is 25.8 Å². The van der Waals surface area contributed by atoms with E-state index in [0.29, 0.717) is 11.5 Å². The van der Waals surface area contributed by atoms with Crippen molar-refractivity contribution in [3.8, 4) is 17.0 Å². The second kappa shape index (κ2) is 12.9. The number of nitrogens with one attached hydrogen (secondary N) is 2. The maximum Gasteiger partial charge on any atom is 2.00 e. The summed E-state index contributed by atoms with van der Waals surface area (Å²) < 4.78 is 7.22. The number of aryl methyl sites for hydroxylation is 1. The van der Waals surface area contributed by atoms with Crippen molar-refractivity contribution in [3.63, 3.8) is 0 Å². The van der Waals surface area contributed by atoms with Gasteiger partial charge in [0.1, 0.15) is 5.75 Å². The third-order valence-corrected chi connectivity index (χ3v) is 6.55. The molecule has 8 heteroatoms. The fourth-order valence-electron chi connectivity index (χ4n) is 4.21. The number of benzene rings is 2. The normalized spacial score (nSPS) is 14.0. The second-order valence-corrected chi connectivity index (χ2v) is 9.03. The first kappa shape index (κ1) is 27.7. The van der Waals surface area contributed by atoms with Gasteiger partial charge in [0.2, 0.25) is 0 Å². The first-order valence-electron chi connectivity index (χ1n) is 12.0. The van der Waals surface area contributed by atoms with Crippen LogP contribution in [0.5, 0.6) is 5.75 Å². The van der Waals surface area contributed by atoms with E-state index in [9.17, 15) is 0 Å². The molecule has 0 atom stereocenters. The fraction of sp³-hybridized carbons (Fsp3) is 0.321. The van der Waals surface area contributed by atoms with Crippen LogP contribution >= 0.6 is 0 Å². The summed E-state index contributed by atoms with van der Waals surface area (Å²) in [4.78, 5) is 11.4. The Balaban J connectivity index is 0.000000307. The van der Waals surface area contributed by atoms with Crippen molar-refractivity contribution in [2.75, 3.05) is 32.6 Å². The third kappa shape index (κ3) is 6.65. The average molecular weight is 654 g/mol. The zero-order chi connectivity index (χ0) is 24.8. The monoisotopic (exact) mass is 654 g/mol. The second-order valence-electron chi connectivity index (χ2n) is 9.03. The van der Waals surface area contributed by atoms with Crippen molar-refractivity contribution in [2.45, 2.75) is 26.2 Å². The largest absolute Gasteiger partial charge is 2.00 e. The Morgan fingerprint density at radius 1 is 1.11 bits per heavy atom. The van der Waals surface area contributed by atoms with Crippen LogP contribution in [0.1, 0.15) is 24.8 Å². The fourth-order valence-corrected chi connectivity index (χ4v) is 4.21. The van der Waals surface area contributed by atoms with Gasteiger partial charge in [0.15, 0.2) is 11.5 Å². The zero-order valence-corrected chi connectivity index (χ0v) is 24.1. The minimum atomic E-state index is 0. The number of piperidine rings is 1. The van der Waals surface area contributed by atoms with E-state index < -0.39 is 0 Å². The van der Waals surface area contributed by atoms with E-state index in [-0.39, 0.29) is 21.1 Å². The molecular weight excluding hydrogens is 620 g/mol. The smallest absolute Gasteiger partial charge is 0.699 e. The molecule has 2 aromatic carbocycles. The van der Waals surface area contributed by atoms with Crippen LogP contribution in [0, 0.1) is 19.8 Å². The van der Waals surface area contributed by atoms with Crippen molar-refractivity contribution in [1.82, 2.24) is 19.3 Å². The van der Waals surface area contributed by atoms with Gasteiger partial charge in [0.25, 0.3) is 0 Å². The molecule has 3 heterocycles. The summed E-state index contributed by atoms with van der Waals surface area (Å²) in [6.45, 7) is 8.39. The minimum Gasteiger partial charge on any atom is -0.699 e.